The lowest BCUT2D eigenvalue weighted by molar-refractivity contribution is -0.117. The molecule has 0 spiro atoms. The first-order chi connectivity index (χ1) is 12.6. The first-order valence-electron chi connectivity index (χ1n) is 8.62. The van der Waals surface area contributed by atoms with Crippen LogP contribution in [0.25, 0.3) is 0 Å². The second-order valence-corrected chi connectivity index (χ2v) is 6.73. The van der Waals surface area contributed by atoms with Crippen LogP contribution >= 0.6 is 11.6 Å². The average Bonchev–Trinajstić information content (AvgIpc) is 3.08. The highest BCUT2D eigenvalue weighted by Gasteiger charge is 2.29. The van der Waals surface area contributed by atoms with Crippen molar-refractivity contribution in [2.24, 2.45) is 0 Å². The molecule has 1 atom stereocenters. The number of hydrogen-bond donors (Lipinski definition) is 1. The first-order valence-corrected chi connectivity index (χ1v) is 9.00. The van der Waals surface area contributed by atoms with Gasteiger partial charge in [0.2, 0.25) is 5.91 Å². The summed E-state index contributed by atoms with van der Waals surface area (Å²) in [5, 5.41) is 3.51. The van der Waals surface area contributed by atoms with Gasteiger partial charge in [0.15, 0.2) is 0 Å². The van der Waals surface area contributed by atoms with Gasteiger partial charge in [-0.05, 0) is 43.7 Å². The number of methoxy groups -OCH3 is 2. The largest absolute Gasteiger partial charge is 0.497 e. The van der Waals surface area contributed by atoms with Gasteiger partial charge in [-0.1, -0.05) is 23.7 Å². The molecule has 0 aromatic heterocycles. The van der Waals surface area contributed by atoms with Crippen LogP contribution in [0.2, 0.25) is 5.02 Å². The smallest absolute Gasteiger partial charge is 0.238 e. The summed E-state index contributed by atoms with van der Waals surface area (Å²) in [6, 6.07) is 13.2. The van der Waals surface area contributed by atoms with Gasteiger partial charge >= 0.3 is 0 Å². The van der Waals surface area contributed by atoms with Gasteiger partial charge in [-0.3, -0.25) is 9.69 Å². The van der Waals surface area contributed by atoms with Crippen LogP contribution in [-0.4, -0.2) is 38.1 Å². The maximum Gasteiger partial charge on any atom is 0.238 e. The number of ether oxygens (including phenoxy) is 2. The molecule has 6 heteroatoms. The maximum atomic E-state index is 12.5. The van der Waals surface area contributed by atoms with Crippen molar-refractivity contribution in [3.05, 3.63) is 53.1 Å². The Morgan fingerprint density at radius 3 is 2.81 bits per heavy atom. The third kappa shape index (κ3) is 4.29. The Labute approximate surface area is 158 Å². The minimum absolute atomic E-state index is 0.0494. The standard InChI is InChI=1S/C20H23ClN2O3/c1-25-16-8-9-17(19(12-16)26-2)18-7-4-10-23(18)13-20(24)22-15-6-3-5-14(21)11-15/h3,5-6,8-9,11-12,18H,4,7,10,13H2,1-2H3,(H,22,24)/t18-/m1/s1. The normalized spacial score (nSPS) is 17.1. The third-order valence-corrected chi connectivity index (χ3v) is 4.85. The van der Waals surface area contributed by atoms with Crippen molar-refractivity contribution in [3.63, 3.8) is 0 Å². The quantitative estimate of drug-likeness (QED) is 0.825. The van der Waals surface area contributed by atoms with Crippen molar-refractivity contribution in [2.75, 3.05) is 32.6 Å². The number of benzene rings is 2. The second kappa shape index (κ2) is 8.43. The molecule has 1 aliphatic heterocycles. The van der Waals surface area contributed by atoms with E-state index in [1.807, 2.05) is 30.3 Å². The van der Waals surface area contributed by atoms with E-state index in [4.69, 9.17) is 21.1 Å². The van der Waals surface area contributed by atoms with Crippen LogP contribution in [0.5, 0.6) is 11.5 Å². The molecular formula is C20H23ClN2O3. The summed E-state index contributed by atoms with van der Waals surface area (Å²) < 4.78 is 10.8. The fourth-order valence-electron chi connectivity index (χ4n) is 3.41. The van der Waals surface area contributed by atoms with Gasteiger partial charge in [0.05, 0.1) is 20.8 Å². The zero-order valence-electron chi connectivity index (χ0n) is 15.0. The van der Waals surface area contributed by atoms with Crippen LogP contribution in [0.15, 0.2) is 42.5 Å². The third-order valence-electron chi connectivity index (χ3n) is 4.62. The molecule has 0 aliphatic carbocycles. The molecule has 138 valence electrons. The summed E-state index contributed by atoms with van der Waals surface area (Å²) in [6.07, 6.45) is 2.04. The molecule has 26 heavy (non-hydrogen) atoms. The van der Waals surface area contributed by atoms with E-state index < -0.39 is 0 Å². The van der Waals surface area contributed by atoms with Gasteiger partial charge in [-0.2, -0.15) is 0 Å². The highest BCUT2D eigenvalue weighted by atomic mass is 35.5. The van der Waals surface area contributed by atoms with Crippen molar-refractivity contribution < 1.29 is 14.3 Å². The predicted octanol–water partition coefficient (Wildman–Crippen LogP) is 4.13. The summed E-state index contributed by atoms with van der Waals surface area (Å²) in [5.41, 5.74) is 1.79. The zero-order chi connectivity index (χ0) is 18.5. The molecule has 1 aliphatic rings. The number of anilines is 1. The van der Waals surface area contributed by atoms with E-state index in [9.17, 15) is 4.79 Å². The summed E-state index contributed by atoms with van der Waals surface area (Å²) in [5.74, 6) is 1.50. The fraction of sp³-hybridized carbons (Fsp3) is 0.350. The minimum Gasteiger partial charge on any atom is -0.497 e. The molecule has 2 aromatic rings. The van der Waals surface area contributed by atoms with E-state index in [0.717, 1.165) is 36.4 Å². The molecule has 0 radical (unpaired) electrons. The molecule has 5 nitrogen and oxygen atoms in total. The number of nitrogens with zero attached hydrogens (tertiary/aromatic N) is 1. The molecule has 1 heterocycles. The maximum absolute atomic E-state index is 12.5. The lowest BCUT2D eigenvalue weighted by Gasteiger charge is -2.26. The van der Waals surface area contributed by atoms with Crippen molar-refractivity contribution in [1.82, 2.24) is 4.90 Å². The summed E-state index contributed by atoms with van der Waals surface area (Å²) in [6.45, 7) is 1.20. The average molecular weight is 375 g/mol. The Balaban J connectivity index is 1.71. The highest BCUT2D eigenvalue weighted by molar-refractivity contribution is 6.30. The molecule has 0 unspecified atom stereocenters. The van der Waals surface area contributed by atoms with E-state index in [-0.39, 0.29) is 11.9 Å². The van der Waals surface area contributed by atoms with E-state index in [1.54, 1.807) is 26.4 Å². The Hall–Kier alpha value is -2.24. The molecule has 1 fully saturated rings. The number of hydrogen-bond acceptors (Lipinski definition) is 4. The number of halogens is 1. The molecule has 2 aromatic carbocycles. The van der Waals surface area contributed by atoms with Crippen LogP contribution in [0.3, 0.4) is 0 Å². The molecular weight excluding hydrogens is 352 g/mol. The fourth-order valence-corrected chi connectivity index (χ4v) is 3.60. The van der Waals surface area contributed by atoms with Gasteiger partial charge in [0, 0.05) is 28.4 Å². The van der Waals surface area contributed by atoms with Crippen LogP contribution in [0.1, 0.15) is 24.4 Å². The minimum atomic E-state index is -0.0494. The summed E-state index contributed by atoms with van der Waals surface area (Å²) in [4.78, 5) is 14.6. The van der Waals surface area contributed by atoms with Gasteiger partial charge in [0.25, 0.3) is 0 Å². The van der Waals surface area contributed by atoms with Crippen molar-refractivity contribution >= 4 is 23.2 Å². The zero-order valence-corrected chi connectivity index (χ0v) is 15.8. The molecule has 0 bridgehead atoms. The Morgan fingerprint density at radius 2 is 2.08 bits per heavy atom. The first kappa shape index (κ1) is 18.5. The van der Waals surface area contributed by atoms with E-state index in [2.05, 4.69) is 10.2 Å². The second-order valence-electron chi connectivity index (χ2n) is 6.29. The van der Waals surface area contributed by atoms with Crippen LogP contribution in [0, 0.1) is 0 Å². The monoisotopic (exact) mass is 374 g/mol. The lowest BCUT2D eigenvalue weighted by Crippen LogP contribution is -2.33. The van der Waals surface area contributed by atoms with Crippen molar-refractivity contribution in [2.45, 2.75) is 18.9 Å². The van der Waals surface area contributed by atoms with Crippen molar-refractivity contribution in [1.29, 1.82) is 0 Å². The molecule has 1 amide bonds. The van der Waals surface area contributed by atoms with E-state index in [0.29, 0.717) is 17.3 Å². The number of carbonyl (C=O) groups is 1. The number of rotatable bonds is 6. The predicted molar refractivity (Wildman–Crippen MR) is 103 cm³/mol. The van der Waals surface area contributed by atoms with Crippen LogP contribution < -0.4 is 14.8 Å². The lowest BCUT2D eigenvalue weighted by atomic mass is 10.0. The SMILES string of the molecule is COc1ccc([C@H]2CCCN2CC(=O)Nc2cccc(Cl)c2)c(OC)c1. The Bertz CT molecular complexity index is 781. The molecule has 1 N–H and O–H groups in total. The Morgan fingerprint density at radius 1 is 1.23 bits per heavy atom. The number of likely N-dealkylation sites (tertiary alicyclic amines) is 1. The van der Waals surface area contributed by atoms with Crippen LogP contribution in [-0.2, 0) is 4.79 Å². The van der Waals surface area contributed by atoms with Gasteiger partial charge in [0.1, 0.15) is 11.5 Å². The highest BCUT2D eigenvalue weighted by Crippen LogP contribution is 2.38. The topological polar surface area (TPSA) is 50.8 Å². The van der Waals surface area contributed by atoms with Gasteiger partial charge < -0.3 is 14.8 Å². The van der Waals surface area contributed by atoms with Crippen LogP contribution in [0.4, 0.5) is 5.69 Å². The Kier molecular flexibility index (Phi) is 6.01. The van der Waals surface area contributed by atoms with Gasteiger partial charge in [-0.25, -0.2) is 0 Å². The molecule has 0 saturated carbocycles. The summed E-state index contributed by atoms with van der Waals surface area (Å²) >= 11 is 5.97. The molecule has 3 rings (SSSR count). The van der Waals surface area contributed by atoms with E-state index >= 15 is 0 Å². The van der Waals surface area contributed by atoms with Gasteiger partial charge in [-0.15, -0.1) is 0 Å². The molecule has 1 saturated heterocycles. The van der Waals surface area contributed by atoms with Crippen molar-refractivity contribution in [3.8, 4) is 11.5 Å². The summed E-state index contributed by atoms with van der Waals surface area (Å²) in [7, 11) is 3.29. The number of nitrogens with one attached hydrogen (secondary N) is 1. The van der Waals surface area contributed by atoms with E-state index in [1.165, 1.54) is 0 Å². The number of amides is 1. The number of carbonyl (C=O) groups excluding carboxylic acids is 1.